The molecule has 5 rings (SSSR count). The van der Waals surface area contributed by atoms with Gasteiger partial charge in [-0.2, -0.15) is 4.98 Å². The molecule has 2 aromatic rings. The molecular weight excluding hydrogens is 420 g/mol. The number of anilines is 2. The lowest BCUT2D eigenvalue weighted by atomic mass is 9.86. The Kier molecular flexibility index (Phi) is 6.80. The Hall–Kier alpha value is -2.62. The number of nitrogens with one attached hydrogen (secondary N) is 2. The largest absolute Gasteiger partial charge is 0.491 e. The molecule has 0 unspecified atom stereocenters. The van der Waals surface area contributed by atoms with Gasteiger partial charge in [0, 0.05) is 38.8 Å². The summed E-state index contributed by atoms with van der Waals surface area (Å²) in [6.45, 7) is 6.64. The first-order chi connectivity index (χ1) is 16.2. The third kappa shape index (κ3) is 5.00. The van der Waals surface area contributed by atoms with E-state index >= 15 is 0 Å². The van der Waals surface area contributed by atoms with E-state index in [1.54, 1.807) is 10.8 Å². The normalized spacial score (nSPS) is 22.6. The first kappa shape index (κ1) is 22.2. The minimum Gasteiger partial charge on any atom is -0.491 e. The van der Waals surface area contributed by atoms with Gasteiger partial charge in [0.25, 0.3) is 0 Å². The van der Waals surface area contributed by atoms with E-state index < -0.39 is 0 Å². The number of benzene rings is 1. The molecule has 3 aliphatic rings. The minimum absolute atomic E-state index is 0.147. The number of para-hydroxylation sites is 1. The van der Waals surface area contributed by atoms with Crippen LogP contribution in [-0.4, -0.2) is 60.3 Å². The molecule has 4 N–H and O–H groups in total. The highest BCUT2D eigenvalue weighted by Crippen LogP contribution is 2.45. The predicted octanol–water partition coefficient (Wildman–Crippen LogP) is 2.46. The second kappa shape index (κ2) is 10.1. The van der Waals surface area contributed by atoms with Crippen molar-refractivity contribution in [2.75, 3.05) is 51.2 Å². The maximum absolute atomic E-state index is 12.8. The number of aromatic nitrogens is 2. The van der Waals surface area contributed by atoms with Crippen LogP contribution in [0.1, 0.15) is 38.1 Å². The minimum atomic E-state index is -0.251. The summed E-state index contributed by atoms with van der Waals surface area (Å²) in [7, 11) is 0. The monoisotopic (exact) mass is 454 g/mol. The molecule has 1 saturated heterocycles. The molecule has 9 heteroatoms. The fraction of sp³-hybridized carbons (Fsp3) is 0.583. The molecule has 0 amide bonds. The van der Waals surface area contributed by atoms with Crippen LogP contribution in [0.5, 0.6) is 17.2 Å². The molecule has 2 aliphatic heterocycles. The van der Waals surface area contributed by atoms with E-state index in [9.17, 15) is 4.79 Å². The molecule has 1 aliphatic carbocycles. The van der Waals surface area contributed by atoms with Crippen molar-refractivity contribution in [2.24, 2.45) is 11.7 Å². The van der Waals surface area contributed by atoms with E-state index in [2.05, 4.69) is 20.5 Å². The zero-order valence-corrected chi connectivity index (χ0v) is 19.1. The van der Waals surface area contributed by atoms with Gasteiger partial charge in [0.1, 0.15) is 11.4 Å². The standard InChI is InChI=1S/C24H34N6O3/c25-15-17-5-7-18(8-6-17)30-16-21-23(28-24(30)31)27-22-19(3-1-4-20(22)33-21)32-14-2-11-29-12-9-26-10-13-29/h1,3-4,16-18,26H,2,5-15,25H2,(H,27,28,31)/t17-,18-. The molecule has 9 nitrogen and oxygen atoms in total. The van der Waals surface area contributed by atoms with Gasteiger partial charge >= 0.3 is 5.69 Å². The molecule has 1 aromatic heterocycles. The van der Waals surface area contributed by atoms with Gasteiger partial charge in [-0.05, 0) is 56.7 Å². The van der Waals surface area contributed by atoms with Crippen molar-refractivity contribution in [3.05, 3.63) is 34.9 Å². The van der Waals surface area contributed by atoms with Crippen molar-refractivity contribution in [1.29, 1.82) is 0 Å². The van der Waals surface area contributed by atoms with Crippen molar-refractivity contribution in [1.82, 2.24) is 19.8 Å². The summed E-state index contributed by atoms with van der Waals surface area (Å²) < 4.78 is 14.0. The van der Waals surface area contributed by atoms with Crippen LogP contribution in [0.2, 0.25) is 0 Å². The quantitative estimate of drug-likeness (QED) is 0.468. The van der Waals surface area contributed by atoms with Crippen LogP contribution in [0, 0.1) is 5.92 Å². The average Bonchev–Trinajstić information content (AvgIpc) is 2.86. The van der Waals surface area contributed by atoms with Gasteiger partial charge in [-0.1, -0.05) is 6.07 Å². The van der Waals surface area contributed by atoms with Gasteiger partial charge in [-0.3, -0.25) is 4.57 Å². The zero-order chi connectivity index (χ0) is 22.6. The number of hydrogen-bond acceptors (Lipinski definition) is 8. The summed E-state index contributed by atoms with van der Waals surface area (Å²) in [6.07, 6.45) is 6.73. The van der Waals surface area contributed by atoms with E-state index in [0.717, 1.165) is 70.5 Å². The Bertz CT molecular complexity index is 1010. The second-order valence-corrected chi connectivity index (χ2v) is 9.20. The molecule has 0 radical (unpaired) electrons. The first-order valence-corrected chi connectivity index (χ1v) is 12.2. The average molecular weight is 455 g/mol. The lowest BCUT2D eigenvalue weighted by molar-refractivity contribution is 0.214. The fourth-order valence-electron chi connectivity index (χ4n) is 5.02. The van der Waals surface area contributed by atoms with Crippen molar-refractivity contribution in [3.8, 4) is 17.2 Å². The third-order valence-electron chi connectivity index (χ3n) is 7.00. The van der Waals surface area contributed by atoms with Gasteiger partial charge in [0.15, 0.2) is 17.3 Å². The lowest BCUT2D eigenvalue weighted by Crippen LogP contribution is -2.43. The van der Waals surface area contributed by atoms with E-state index in [-0.39, 0.29) is 11.7 Å². The lowest BCUT2D eigenvalue weighted by Gasteiger charge is -2.30. The molecular formula is C24H34N6O3. The number of fused-ring (bicyclic) bond motifs is 2. The zero-order valence-electron chi connectivity index (χ0n) is 19.1. The summed E-state index contributed by atoms with van der Waals surface area (Å²) in [4.78, 5) is 19.5. The Balaban J connectivity index is 1.25. The van der Waals surface area contributed by atoms with Crippen LogP contribution in [0.4, 0.5) is 11.5 Å². The van der Waals surface area contributed by atoms with Gasteiger partial charge in [-0.25, -0.2) is 4.79 Å². The molecule has 0 atom stereocenters. The van der Waals surface area contributed by atoms with Crippen LogP contribution >= 0.6 is 0 Å². The Morgan fingerprint density at radius 1 is 1.15 bits per heavy atom. The molecule has 3 heterocycles. The highest BCUT2D eigenvalue weighted by molar-refractivity contribution is 5.77. The van der Waals surface area contributed by atoms with E-state index in [0.29, 0.717) is 42.1 Å². The summed E-state index contributed by atoms with van der Waals surface area (Å²) in [5.41, 5.74) is 6.29. The molecule has 33 heavy (non-hydrogen) atoms. The summed E-state index contributed by atoms with van der Waals surface area (Å²) in [5, 5.41) is 6.65. The van der Waals surface area contributed by atoms with Gasteiger partial charge in [0.05, 0.1) is 12.8 Å². The number of rotatable bonds is 7. The number of piperazine rings is 1. The maximum Gasteiger partial charge on any atom is 0.350 e. The van der Waals surface area contributed by atoms with Crippen molar-refractivity contribution >= 4 is 11.5 Å². The topological polar surface area (TPSA) is 107 Å². The van der Waals surface area contributed by atoms with Crippen LogP contribution in [0.25, 0.3) is 0 Å². The van der Waals surface area contributed by atoms with Crippen LogP contribution in [0.15, 0.2) is 29.2 Å². The Morgan fingerprint density at radius 2 is 1.97 bits per heavy atom. The second-order valence-electron chi connectivity index (χ2n) is 9.20. The molecule has 178 valence electrons. The number of nitrogens with zero attached hydrogens (tertiary/aromatic N) is 3. The predicted molar refractivity (Wildman–Crippen MR) is 128 cm³/mol. The SMILES string of the molecule is NC[C@H]1CC[C@H](n2cc3c(nc2=O)Nc2c(OCCCN4CCNCC4)cccc2O3)CC1. The molecule has 1 aromatic carbocycles. The molecule has 0 bridgehead atoms. The number of hydrogen-bond donors (Lipinski definition) is 3. The Morgan fingerprint density at radius 3 is 2.76 bits per heavy atom. The highest BCUT2D eigenvalue weighted by atomic mass is 16.5. The highest BCUT2D eigenvalue weighted by Gasteiger charge is 2.27. The molecule has 0 spiro atoms. The first-order valence-electron chi connectivity index (χ1n) is 12.2. The van der Waals surface area contributed by atoms with Crippen LogP contribution in [0.3, 0.4) is 0 Å². The fourth-order valence-corrected chi connectivity index (χ4v) is 5.02. The van der Waals surface area contributed by atoms with Crippen LogP contribution < -0.4 is 31.5 Å². The number of nitrogens with two attached hydrogens (primary N) is 1. The Labute approximate surface area is 194 Å². The smallest absolute Gasteiger partial charge is 0.350 e. The number of ether oxygens (including phenoxy) is 2. The van der Waals surface area contributed by atoms with E-state index in [1.807, 2.05) is 18.2 Å². The van der Waals surface area contributed by atoms with Gasteiger partial charge in [0.2, 0.25) is 0 Å². The summed E-state index contributed by atoms with van der Waals surface area (Å²) >= 11 is 0. The van der Waals surface area contributed by atoms with Crippen molar-refractivity contribution in [2.45, 2.75) is 38.1 Å². The maximum atomic E-state index is 12.8. The molecule has 1 saturated carbocycles. The van der Waals surface area contributed by atoms with E-state index in [4.69, 9.17) is 15.2 Å². The van der Waals surface area contributed by atoms with Crippen molar-refractivity contribution in [3.63, 3.8) is 0 Å². The third-order valence-corrected chi connectivity index (χ3v) is 7.00. The van der Waals surface area contributed by atoms with Crippen molar-refractivity contribution < 1.29 is 9.47 Å². The summed E-state index contributed by atoms with van der Waals surface area (Å²) in [5.74, 6) is 2.96. The van der Waals surface area contributed by atoms with E-state index in [1.165, 1.54) is 0 Å². The van der Waals surface area contributed by atoms with Crippen LogP contribution in [-0.2, 0) is 0 Å². The van der Waals surface area contributed by atoms with Gasteiger partial charge < -0.3 is 30.7 Å². The van der Waals surface area contributed by atoms with Gasteiger partial charge in [-0.15, -0.1) is 0 Å². The molecule has 2 fully saturated rings. The summed E-state index contributed by atoms with van der Waals surface area (Å²) in [6, 6.07) is 5.89.